The first-order valence-electron chi connectivity index (χ1n) is 9.35. The topological polar surface area (TPSA) is 50.6 Å². The van der Waals surface area contributed by atoms with Crippen molar-refractivity contribution in [2.24, 2.45) is 0 Å². The summed E-state index contributed by atoms with van der Waals surface area (Å²) in [7, 11) is 0. The maximum Gasteiger partial charge on any atom is 0.409 e. The van der Waals surface area contributed by atoms with Crippen LogP contribution in [0.3, 0.4) is 0 Å². The van der Waals surface area contributed by atoms with Gasteiger partial charge in [-0.25, -0.2) is 4.79 Å². The molecule has 6 nitrogen and oxygen atoms in total. The van der Waals surface area contributed by atoms with Gasteiger partial charge in [-0.1, -0.05) is 0 Å². The third-order valence-corrected chi connectivity index (χ3v) is 5.35. The second-order valence-electron chi connectivity index (χ2n) is 6.97. The highest BCUT2D eigenvalue weighted by Gasteiger charge is 2.29. The minimum atomic E-state index is -0.147. The van der Waals surface area contributed by atoms with Crippen molar-refractivity contribution in [2.75, 3.05) is 32.8 Å². The zero-order valence-corrected chi connectivity index (χ0v) is 15.0. The molecular weight excluding hydrogens is 304 g/mol. The summed E-state index contributed by atoms with van der Waals surface area (Å²) in [5.74, 6) is 0. The normalized spacial score (nSPS) is 23.9. The number of aryl methyl sites for hydroxylation is 1. The van der Waals surface area contributed by atoms with E-state index in [2.05, 4.69) is 26.9 Å². The lowest BCUT2D eigenvalue weighted by molar-refractivity contribution is 0.103. The van der Waals surface area contributed by atoms with Gasteiger partial charge >= 0.3 is 6.09 Å². The zero-order valence-electron chi connectivity index (χ0n) is 15.0. The molecule has 1 atom stereocenters. The van der Waals surface area contributed by atoms with E-state index in [0.717, 1.165) is 44.7 Å². The van der Waals surface area contributed by atoms with E-state index in [1.165, 1.54) is 19.3 Å². The standard InChI is InChI=1S/C18H30N4O2/c1-3-24-18(23)21-10-4-5-16(7-13-21)20-11-8-17(9-12-20)22-14-6-15(2)19-22/h6,14,16-17H,3-5,7-13H2,1-2H3. The van der Waals surface area contributed by atoms with Crippen LogP contribution in [0.5, 0.6) is 0 Å². The molecule has 1 unspecified atom stereocenters. The van der Waals surface area contributed by atoms with Crippen LogP contribution in [0.15, 0.2) is 12.3 Å². The average molecular weight is 334 g/mol. The first-order valence-corrected chi connectivity index (χ1v) is 9.35. The van der Waals surface area contributed by atoms with Crippen LogP contribution in [-0.4, -0.2) is 64.5 Å². The Morgan fingerprint density at radius 2 is 1.92 bits per heavy atom. The van der Waals surface area contributed by atoms with E-state index in [0.29, 0.717) is 18.7 Å². The predicted molar refractivity (Wildman–Crippen MR) is 93.0 cm³/mol. The Morgan fingerprint density at radius 3 is 2.58 bits per heavy atom. The number of rotatable bonds is 3. The molecule has 2 fully saturated rings. The largest absolute Gasteiger partial charge is 0.450 e. The number of amides is 1. The molecule has 0 N–H and O–H groups in total. The second-order valence-corrected chi connectivity index (χ2v) is 6.97. The lowest BCUT2D eigenvalue weighted by Crippen LogP contribution is -2.42. The number of aromatic nitrogens is 2. The van der Waals surface area contributed by atoms with Gasteiger partial charge in [0.05, 0.1) is 18.3 Å². The molecule has 3 heterocycles. The van der Waals surface area contributed by atoms with Gasteiger partial charge in [-0.3, -0.25) is 4.68 Å². The Balaban J connectivity index is 1.49. The quantitative estimate of drug-likeness (QED) is 0.853. The van der Waals surface area contributed by atoms with Crippen molar-refractivity contribution in [3.63, 3.8) is 0 Å². The lowest BCUT2D eigenvalue weighted by Gasteiger charge is -2.37. The summed E-state index contributed by atoms with van der Waals surface area (Å²) in [5, 5.41) is 4.57. The molecule has 2 aliphatic heterocycles. The van der Waals surface area contributed by atoms with Gasteiger partial charge in [0.1, 0.15) is 0 Å². The maximum absolute atomic E-state index is 11.9. The highest BCUT2D eigenvalue weighted by molar-refractivity contribution is 5.67. The van der Waals surface area contributed by atoms with Crippen molar-refractivity contribution in [1.29, 1.82) is 0 Å². The summed E-state index contributed by atoms with van der Waals surface area (Å²) < 4.78 is 7.29. The van der Waals surface area contributed by atoms with Gasteiger partial charge in [-0.05, 0) is 52.0 Å². The number of carbonyl (C=O) groups is 1. The molecule has 0 radical (unpaired) electrons. The smallest absolute Gasteiger partial charge is 0.409 e. The molecule has 2 aliphatic rings. The van der Waals surface area contributed by atoms with E-state index in [-0.39, 0.29) is 6.09 Å². The average Bonchev–Trinajstić information content (AvgIpc) is 2.88. The number of hydrogen-bond acceptors (Lipinski definition) is 4. The van der Waals surface area contributed by atoms with Gasteiger partial charge in [0.2, 0.25) is 0 Å². The lowest BCUT2D eigenvalue weighted by atomic mass is 10.00. The molecule has 0 aliphatic carbocycles. The molecule has 1 aromatic rings. The number of piperidine rings is 1. The minimum absolute atomic E-state index is 0.147. The predicted octanol–water partition coefficient (Wildman–Crippen LogP) is 2.84. The van der Waals surface area contributed by atoms with E-state index >= 15 is 0 Å². The summed E-state index contributed by atoms with van der Waals surface area (Å²) in [6.45, 7) is 8.29. The Labute approximate surface area is 144 Å². The molecular formula is C18H30N4O2. The molecule has 0 bridgehead atoms. The Hall–Kier alpha value is -1.56. The van der Waals surface area contributed by atoms with Crippen molar-refractivity contribution in [1.82, 2.24) is 19.6 Å². The van der Waals surface area contributed by atoms with Gasteiger partial charge in [0.15, 0.2) is 0 Å². The van der Waals surface area contributed by atoms with Crippen molar-refractivity contribution < 1.29 is 9.53 Å². The third-order valence-electron chi connectivity index (χ3n) is 5.35. The van der Waals surface area contributed by atoms with E-state index in [1.54, 1.807) is 0 Å². The fourth-order valence-electron chi connectivity index (χ4n) is 3.99. The van der Waals surface area contributed by atoms with E-state index < -0.39 is 0 Å². The SMILES string of the molecule is CCOC(=O)N1CCCC(N2CCC(n3ccc(C)n3)CC2)CC1. The molecule has 6 heteroatoms. The first kappa shape index (κ1) is 17.3. The molecule has 0 saturated carbocycles. The van der Waals surface area contributed by atoms with Gasteiger partial charge < -0.3 is 14.5 Å². The summed E-state index contributed by atoms with van der Waals surface area (Å²) in [6.07, 6.45) is 7.61. The van der Waals surface area contributed by atoms with Crippen molar-refractivity contribution in [2.45, 2.75) is 58.0 Å². The fourth-order valence-corrected chi connectivity index (χ4v) is 3.99. The van der Waals surface area contributed by atoms with Gasteiger partial charge in [-0.2, -0.15) is 5.10 Å². The molecule has 0 aromatic carbocycles. The van der Waals surface area contributed by atoms with Gasteiger partial charge in [0, 0.05) is 38.4 Å². The Kier molecular flexibility index (Phi) is 5.76. The van der Waals surface area contributed by atoms with Gasteiger partial charge in [0.25, 0.3) is 0 Å². The van der Waals surface area contributed by atoms with Crippen LogP contribution in [0.2, 0.25) is 0 Å². The van der Waals surface area contributed by atoms with E-state index in [9.17, 15) is 4.79 Å². The summed E-state index contributed by atoms with van der Waals surface area (Å²) in [4.78, 5) is 16.4. The second kappa shape index (κ2) is 8.01. The van der Waals surface area contributed by atoms with Crippen molar-refractivity contribution >= 4 is 6.09 Å². The summed E-state index contributed by atoms with van der Waals surface area (Å²) in [5.41, 5.74) is 1.10. The first-order chi connectivity index (χ1) is 11.7. The van der Waals surface area contributed by atoms with Crippen LogP contribution in [-0.2, 0) is 4.74 Å². The number of likely N-dealkylation sites (tertiary alicyclic amines) is 2. The maximum atomic E-state index is 11.9. The van der Waals surface area contributed by atoms with Gasteiger partial charge in [-0.15, -0.1) is 0 Å². The Morgan fingerprint density at radius 1 is 1.17 bits per heavy atom. The monoisotopic (exact) mass is 334 g/mol. The van der Waals surface area contributed by atoms with Crippen molar-refractivity contribution in [3.05, 3.63) is 18.0 Å². The summed E-state index contributed by atoms with van der Waals surface area (Å²) >= 11 is 0. The molecule has 1 aromatic heterocycles. The highest BCUT2D eigenvalue weighted by Crippen LogP contribution is 2.26. The highest BCUT2D eigenvalue weighted by atomic mass is 16.6. The summed E-state index contributed by atoms with van der Waals surface area (Å²) in [6, 6.07) is 3.23. The number of carbonyl (C=O) groups excluding carboxylic acids is 1. The molecule has 134 valence electrons. The Bertz CT molecular complexity index is 537. The molecule has 2 saturated heterocycles. The molecule has 1 amide bonds. The fraction of sp³-hybridized carbons (Fsp3) is 0.778. The van der Waals surface area contributed by atoms with Crippen LogP contribution in [0.4, 0.5) is 4.79 Å². The van der Waals surface area contributed by atoms with E-state index in [4.69, 9.17) is 4.74 Å². The zero-order chi connectivity index (χ0) is 16.9. The molecule has 0 spiro atoms. The third kappa shape index (κ3) is 4.09. The number of ether oxygens (including phenoxy) is 1. The van der Waals surface area contributed by atoms with Crippen LogP contribution in [0, 0.1) is 6.92 Å². The van der Waals surface area contributed by atoms with Crippen molar-refractivity contribution in [3.8, 4) is 0 Å². The van der Waals surface area contributed by atoms with Crippen LogP contribution < -0.4 is 0 Å². The molecule has 3 rings (SSSR count). The van der Waals surface area contributed by atoms with Crippen LogP contribution >= 0.6 is 0 Å². The van der Waals surface area contributed by atoms with Crippen LogP contribution in [0.1, 0.15) is 50.8 Å². The van der Waals surface area contributed by atoms with Crippen LogP contribution in [0.25, 0.3) is 0 Å². The minimum Gasteiger partial charge on any atom is -0.450 e. The number of nitrogens with zero attached hydrogens (tertiary/aromatic N) is 4. The molecule has 24 heavy (non-hydrogen) atoms. The number of hydrogen-bond donors (Lipinski definition) is 0. The van der Waals surface area contributed by atoms with E-state index in [1.807, 2.05) is 18.7 Å².